The van der Waals surface area contributed by atoms with Gasteiger partial charge in [-0.25, -0.2) is 9.37 Å². The number of rotatable bonds is 11. The highest BCUT2D eigenvalue weighted by molar-refractivity contribution is 6.36. The summed E-state index contributed by atoms with van der Waals surface area (Å²) in [6.07, 6.45) is 3.49. The van der Waals surface area contributed by atoms with Crippen LogP contribution in [-0.4, -0.2) is 57.2 Å². The molecule has 0 aliphatic heterocycles. The molecule has 20 heavy (non-hydrogen) atoms. The van der Waals surface area contributed by atoms with Crippen molar-refractivity contribution < 1.29 is 29.5 Å². The molecule has 0 saturated heterocycles. The zero-order chi connectivity index (χ0) is 15.5. The highest BCUT2D eigenvalue weighted by Crippen LogP contribution is 2.13. The highest BCUT2D eigenvalue weighted by Gasteiger charge is 2.27. The lowest BCUT2D eigenvalue weighted by atomic mass is 9.99. The Hall–Kier alpha value is -1.43. The standard InChI is InChI=1S/C14H25NO5/c1-3-5-6-11(4-2)10-15(7-8-16)12(14(19)20)9-13(17)18/h11,16H,3-10H2,1-2H3,(H-,17,18,19,20)/p+1. The molecule has 0 spiro atoms. The van der Waals surface area contributed by atoms with Gasteiger partial charge in [0.05, 0.1) is 0 Å². The maximum atomic E-state index is 11.2. The average molecular weight is 288 g/mol. The van der Waals surface area contributed by atoms with Crippen molar-refractivity contribution in [3.63, 3.8) is 0 Å². The maximum Gasteiger partial charge on any atom is 0.396 e. The Balaban J connectivity index is 5.12. The van der Waals surface area contributed by atoms with Gasteiger partial charge in [0, 0.05) is 5.92 Å². The minimum atomic E-state index is -1.23. The molecule has 6 heteroatoms. The summed E-state index contributed by atoms with van der Waals surface area (Å²) in [7, 11) is 0. The van der Waals surface area contributed by atoms with Crippen LogP contribution in [0.4, 0.5) is 0 Å². The van der Waals surface area contributed by atoms with Crippen molar-refractivity contribution in [1.82, 2.24) is 0 Å². The summed E-state index contributed by atoms with van der Waals surface area (Å²) < 4.78 is 1.50. The van der Waals surface area contributed by atoms with Crippen LogP contribution < -0.4 is 0 Å². The van der Waals surface area contributed by atoms with Crippen LogP contribution >= 0.6 is 0 Å². The molecule has 1 unspecified atom stereocenters. The lowest BCUT2D eigenvalue weighted by molar-refractivity contribution is -0.537. The summed E-state index contributed by atoms with van der Waals surface area (Å²) in [6, 6.07) is 0. The molecular weight excluding hydrogens is 262 g/mol. The number of aliphatic carboxylic acids is 2. The minimum Gasteiger partial charge on any atom is -0.481 e. The Labute approximate surface area is 119 Å². The molecule has 0 aliphatic carbocycles. The molecule has 0 radical (unpaired) electrons. The molecular formula is C14H26NO5+. The second-order valence-electron chi connectivity index (χ2n) is 4.91. The third kappa shape index (κ3) is 7.23. The number of carboxylic acids is 2. The Morgan fingerprint density at radius 1 is 1.20 bits per heavy atom. The summed E-state index contributed by atoms with van der Waals surface area (Å²) in [5.74, 6) is -2.09. The van der Waals surface area contributed by atoms with E-state index >= 15 is 0 Å². The van der Waals surface area contributed by atoms with E-state index in [1.165, 1.54) is 4.58 Å². The van der Waals surface area contributed by atoms with Crippen LogP contribution in [0.25, 0.3) is 0 Å². The van der Waals surface area contributed by atoms with E-state index in [2.05, 4.69) is 6.92 Å². The molecule has 0 aromatic carbocycles. The van der Waals surface area contributed by atoms with Crippen LogP contribution in [0.5, 0.6) is 0 Å². The lowest BCUT2D eigenvalue weighted by Gasteiger charge is -2.14. The molecule has 0 amide bonds. The van der Waals surface area contributed by atoms with E-state index in [0.29, 0.717) is 12.5 Å². The van der Waals surface area contributed by atoms with Gasteiger partial charge < -0.3 is 15.3 Å². The Bertz CT molecular complexity index is 351. The third-order valence-electron chi connectivity index (χ3n) is 3.34. The molecule has 0 saturated carbocycles. The third-order valence-corrected chi connectivity index (χ3v) is 3.34. The fourth-order valence-corrected chi connectivity index (χ4v) is 2.15. The zero-order valence-corrected chi connectivity index (χ0v) is 12.3. The van der Waals surface area contributed by atoms with Gasteiger partial charge in [-0.2, -0.15) is 0 Å². The smallest absolute Gasteiger partial charge is 0.396 e. The van der Waals surface area contributed by atoms with E-state index in [9.17, 15) is 9.59 Å². The summed E-state index contributed by atoms with van der Waals surface area (Å²) in [6.45, 7) is 4.57. The van der Waals surface area contributed by atoms with E-state index in [1.807, 2.05) is 6.92 Å². The van der Waals surface area contributed by atoms with Crippen LogP contribution in [0.2, 0.25) is 0 Å². The van der Waals surface area contributed by atoms with Gasteiger partial charge >= 0.3 is 11.9 Å². The van der Waals surface area contributed by atoms with Crippen LogP contribution in [0.1, 0.15) is 46.0 Å². The first-order valence-electron chi connectivity index (χ1n) is 7.12. The molecule has 0 heterocycles. The topological polar surface area (TPSA) is 97.8 Å². The quantitative estimate of drug-likeness (QED) is 0.392. The number of carboxylic acid groups (broad SMARTS) is 2. The van der Waals surface area contributed by atoms with Crippen molar-refractivity contribution in [3.8, 4) is 0 Å². The van der Waals surface area contributed by atoms with E-state index in [4.69, 9.17) is 15.3 Å². The molecule has 6 nitrogen and oxygen atoms in total. The summed E-state index contributed by atoms with van der Waals surface area (Å²) in [4.78, 5) is 22.0. The zero-order valence-electron chi connectivity index (χ0n) is 12.3. The second kappa shape index (κ2) is 10.4. The number of unbranched alkanes of at least 4 members (excludes halogenated alkanes) is 1. The second-order valence-corrected chi connectivity index (χ2v) is 4.91. The fraction of sp³-hybridized carbons (Fsp3) is 0.786. The van der Waals surface area contributed by atoms with E-state index in [1.54, 1.807) is 0 Å². The van der Waals surface area contributed by atoms with Crippen molar-refractivity contribution in [3.05, 3.63) is 0 Å². The first kappa shape index (κ1) is 18.6. The molecule has 0 aliphatic rings. The highest BCUT2D eigenvalue weighted by atomic mass is 16.4. The van der Waals surface area contributed by atoms with Crippen LogP contribution in [0.15, 0.2) is 0 Å². The molecule has 0 bridgehead atoms. The minimum absolute atomic E-state index is 0.150. The van der Waals surface area contributed by atoms with Crippen LogP contribution in [-0.2, 0) is 9.59 Å². The van der Waals surface area contributed by atoms with Crippen molar-refractivity contribution >= 4 is 17.7 Å². The van der Waals surface area contributed by atoms with E-state index in [0.717, 1.165) is 25.7 Å². The van der Waals surface area contributed by atoms with Gasteiger partial charge in [0.2, 0.25) is 0 Å². The van der Waals surface area contributed by atoms with Gasteiger partial charge in [-0.05, 0) is 12.8 Å². The first-order chi connectivity index (χ1) is 9.46. The first-order valence-corrected chi connectivity index (χ1v) is 7.12. The number of hydrogen-bond acceptors (Lipinski definition) is 3. The fourth-order valence-electron chi connectivity index (χ4n) is 2.15. The van der Waals surface area contributed by atoms with Gasteiger partial charge in [0.25, 0.3) is 5.71 Å². The number of carbonyl (C=O) groups is 2. The number of aliphatic hydroxyl groups is 1. The van der Waals surface area contributed by atoms with Crippen molar-refractivity contribution in [2.24, 2.45) is 5.92 Å². The number of nitrogens with zero attached hydrogens (tertiary/aromatic N) is 1. The Kier molecular flexibility index (Phi) is 9.63. The van der Waals surface area contributed by atoms with Gasteiger partial charge in [-0.1, -0.05) is 26.7 Å². The monoisotopic (exact) mass is 288 g/mol. The van der Waals surface area contributed by atoms with E-state index in [-0.39, 0.29) is 18.9 Å². The maximum absolute atomic E-state index is 11.2. The Morgan fingerprint density at radius 3 is 2.25 bits per heavy atom. The molecule has 116 valence electrons. The predicted octanol–water partition coefficient (Wildman–Crippen LogP) is 1.21. The molecule has 3 N–H and O–H groups in total. The molecule has 1 atom stereocenters. The Morgan fingerprint density at radius 2 is 1.85 bits per heavy atom. The predicted molar refractivity (Wildman–Crippen MR) is 75.3 cm³/mol. The van der Waals surface area contributed by atoms with Crippen molar-refractivity contribution in [1.29, 1.82) is 0 Å². The normalized spacial score (nSPS) is 13.8. The molecule has 0 rings (SSSR count). The van der Waals surface area contributed by atoms with Gasteiger partial charge in [-0.3, -0.25) is 4.79 Å². The van der Waals surface area contributed by atoms with Gasteiger partial charge in [-0.15, -0.1) is 0 Å². The lowest BCUT2D eigenvalue weighted by Crippen LogP contribution is -2.35. The molecule has 0 aromatic heterocycles. The van der Waals surface area contributed by atoms with Crippen LogP contribution in [0, 0.1) is 5.92 Å². The van der Waals surface area contributed by atoms with Crippen LogP contribution in [0.3, 0.4) is 0 Å². The SMILES string of the molecule is CCCCC(CC)C[N+](CCO)=C(CC(=O)O)C(=O)O. The largest absolute Gasteiger partial charge is 0.481 e. The summed E-state index contributed by atoms with van der Waals surface area (Å²) >= 11 is 0. The summed E-state index contributed by atoms with van der Waals surface area (Å²) in [5, 5.41) is 27.0. The van der Waals surface area contributed by atoms with Crippen molar-refractivity contribution in [2.45, 2.75) is 46.0 Å². The summed E-state index contributed by atoms with van der Waals surface area (Å²) in [5.41, 5.74) is -0.151. The number of hydrogen-bond donors (Lipinski definition) is 3. The van der Waals surface area contributed by atoms with Gasteiger partial charge in [0.15, 0.2) is 6.54 Å². The van der Waals surface area contributed by atoms with E-state index < -0.39 is 18.4 Å². The number of aliphatic hydroxyl groups excluding tert-OH is 1. The molecule has 0 fully saturated rings. The van der Waals surface area contributed by atoms with Crippen molar-refractivity contribution in [2.75, 3.05) is 19.7 Å². The average Bonchev–Trinajstić information content (AvgIpc) is 2.39. The molecule has 0 aromatic rings. The van der Waals surface area contributed by atoms with Gasteiger partial charge in [0.1, 0.15) is 19.6 Å².